The molecule has 1 fully saturated rings. The summed E-state index contributed by atoms with van der Waals surface area (Å²) in [6.45, 7) is 0.220. The van der Waals surface area contributed by atoms with E-state index in [0.717, 1.165) is 5.56 Å². The first-order valence-electron chi connectivity index (χ1n) is 7.86. The number of nitrogens with zero attached hydrogens (tertiary/aromatic N) is 2. The lowest BCUT2D eigenvalue weighted by atomic mass is 10.1. The molecule has 2 aromatic rings. The van der Waals surface area contributed by atoms with Crippen LogP contribution in [0.15, 0.2) is 60.7 Å². The minimum atomic E-state index is -0.327. The van der Waals surface area contributed by atoms with Gasteiger partial charge >= 0.3 is 0 Å². The zero-order valence-electron chi connectivity index (χ0n) is 13.2. The van der Waals surface area contributed by atoms with Crippen molar-refractivity contribution < 1.29 is 14.4 Å². The third-order valence-corrected chi connectivity index (χ3v) is 4.03. The van der Waals surface area contributed by atoms with Gasteiger partial charge in [-0.15, -0.1) is 0 Å². The van der Waals surface area contributed by atoms with Gasteiger partial charge in [0.05, 0.1) is 0 Å². The standard InChI is InChI=1S/C19H18N2O3/c22-17-13-20(19(24)16-9-5-2-6-10-16)14-18(23)21(17)12-11-15-7-3-1-4-8-15/h1-10H,11-14H2. The number of carbonyl (C=O) groups excluding carboxylic acids is 3. The van der Waals surface area contributed by atoms with Crippen LogP contribution in [-0.4, -0.2) is 47.2 Å². The maximum atomic E-state index is 12.4. The third kappa shape index (κ3) is 3.51. The first-order valence-corrected chi connectivity index (χ1v) is 7.86. The predicted molar refractivity (Wildman–Crippen MR) is 89.2 cm³/mol. The van der Waals surface area contributed by atoms with Crippen LogP contribution in [0.1, 0.15) is 15.9 Å². The Kier molecular flexibility index (Phi) is 4.70. The van der Waals surface area contributed by atoms with E-state index in [1.54, 1.807) is 24.3 Å². The molecule has 0 saturated carbocycles. The molecule has 0 radical (unpaired) electrons. The quantitative estimate of drug-likeness (QED) is 0.806. The van der Waals surface area contributed by atoms with Crippen molar-refractivity contribution in [1.82, 2.24) is 9.80 Å². The second-order valence-electron chi connectivity index (χ2n) is 5.70. The molecule has 122 valence electrons. The van der Waals surface area contributed by atoms with Crippen molar-refractivity contribution in [3.05, 3.63) is 71.8 Å². The van der Waals surface area contributed by atoms with Gasteiger partial charge in [-0.2, -0.15) is 0 Å². The number of imide groups is 1. The van der Waals surface area contributed by atoms with Gasteiger partial charge < -0.3 is 4.90 Å². The van der Waals surface area contributed by atoms with Crippen LogP contribution >= 0.6 is 0 Å². The highest BCUT2D eigenvalue weighted by atomic mass is 16.2. The normalized spacial score (nSPS) is 14.8. The maximum absolute atomic E-state index is 12.4. The lowest BCUT2D eigenvalue weighted by Crippen LogP contribution is -2.55. The smallest absolute Gasteiger partial charge is 0.254 e. The predicted octanol–water partition coefficient (Wildman–Crippen LogP) is 1.74. The van der Waals surface area contributed by atoms with Gasteiger partial charge in [0, 0.05) is 12.1 Å². The van der Waals surface area contributed by atoms with Crippen LogP contribution in [0.5, 0.6) is 0 Å². The monoisotopic (exact) mass is 322 g/mol. The van der Waals surface area contributed by atoms with Crippen LogP contribution < -0.4 is 0 Å². The maximum Gasteiger partial charge on any atom is 0.254 e. The van der Waals surface area contributed by atoms with Gasteiger partial charge in [0.2, 0.25) is 11.8 Å². The number of rotatable bonds is 4. The number of carbonyl (C=O) groups is 3. The molecule has 5 heteroatoms. The van der Waals surface area contributed by atoms with Crippen LogP contribution in [-0.2, 0) is 16.0 Å². The molecule has 0 spiro atoms. The molecule has 1 saturated heterocycles. The van der Waals surface area contributed by atoms with Crippen molar-refractivity contribution in [2.24, 2.45) is 0 Å². The van der Waals surface area contributed by atoms with E-state index in [0.29, 0.717) is 18.5 Å². The van der Waals surface area contributed by atoms with E-state index in [2.05, 4.69) is 0 Å². The van der Waals surface area contributed by atoms with E-state index in [1.165, 1.54) is 9.80 Å². The number of amides is 3. The highest BCUT2D eigenvalue weighted by Gasteiger charge is 2.33. The van der Waals surface area contributed by atoms with Gasteiger partial charge in [-0.05, 0) is 24.1 Å². The fraction of sp³-hybridized carbons (Fsp3) is 0.211. The van der Waals surface area contributed by atoms with Crippen molar-refractivity contribution in [2.45, 2.75) is 6.42 Å². The van der Waals surface area contributed by atoms with E-state index < -0.39 is 0 Å². The summed E-state index contributed by atoms with van der Waals surface area (Å²) < 4.78 is 0. The zero-order valence-corrected chi connectivity index (χ0v) is 13.2. The summed E-state index contributed by atoms with van der Waals surface area (Å²) in [5, 5.41) is 0. The molecular weight excluding hydrogens is 304 g/mol. The van der Waals surface area contributed by atoms with E-state index in [9.17, 15) is 14.4 Å². The van der Waals surface area contributed by atoms with Gasteiger partial charge in [0.15, 0.2) is 0 Å². The van der Waals surface area contributed by atoms with Gasteiger partial charge in [-0.25, -0.2) is 0 Å². The van der Waals surface area contributed by atoms with E-state index in [1.807, 2.05) is 36.4 Å². The van der Waals surface area contributed by atoms with Crippen molar-refractivity contribution in [3.8, 4) is 0 Å². The summed E-state index contributed by atoms with van der Waals surface area (Å²) in [6, 6.07) is 18.4. The first-order chi connectivity index (χ1) is 11.6. The molecule has 1 aliphatic rings. The fourth-order valence-electron chi connectivity index (χ4n) is 2.73. The molecule has 3 amide bonds. The highest BCUT2D eigenvalue weighted by molar-refractivity contribution is 6.05. The van der Waals surface area contributed by atoms with Crippen LogP contribution in [0, 0.1) is 0 Å². The van der Waals surface area contributed by atoms with E-state index in [-0.39, 0.29) is 30.8 Å². The van der Waals surface area contributed by atoms with Crippen molar-refractivity contribution >= 4 is 17.7 Å². The zero-order chi connectivity index (χ0) is 16.9. The van der Waals surface area contributed by atoms with Crippen LogP contribution in [0.3, 0.4) is 0 Å². The number of benzene rings is 2. The van der Waals surface area contributed by atoms with Crippen molar-refractivity contribution in [3.63, 3.8) is 0 Å². The topological polar surface area (TPSA) is 57.7 Å². The second kappa shape index (κ2) is 7.08. The Bertz CT molecular complexity index is 726. The molecule has 2 aromatic carbocycles. The van der Waals surface area contributed by atoms with Gasteiger partial charge in [-0.1, -0.05) is 48.5 Å². The molecular formula is C19H18N2O3. The molecule has 0 N–H and O–H groups in total. The Morgan fingerprint density at radius 3 is 1.96 bits per heavy atom. The fourth-order valence-corrected chi connectivity index (χ4v) is 2.73. The molecule has 1 aliphatic heterocycles. The van der Waals surface area contributed by atoms with Crippen LogP contribution in [0.25, 0.3) is 0 Å². The largest absolute Gasteiger partial charge is 0.320 e. The SMILES string of the molecule is O=C(c1ccccc1)N1CC(=O)N(CCc2ccccc2)C(=O)C1. The number of hydrogen-bond acceptors (Lipinski definition) is 3. The van der Waals surface area contributed by atoms with Gasteiger partial charge in [0.25, 0.3) is 5.91 Å². The first kappa shape index (κ1) is 15.9. The number of piperazine rings is 1. The second-order valence-corrected chi connectivity index (χ2v) is 5.70. The van der Waals surface area contributed by atoms with Crippen molar-refractivity contribution in [1.29, 1.82) is 0 Å². The molecule has 5 nitrogen and oxygen atoms in total. The van der Waals surface area contributed by atoms with E-state index >= 15 is 0 Å². The summed E-state index contributed by atoms with van der Waals surface area (Å²) in [5.74, 6) is -0.946. The van der Waals surface area contributed by atoms with Crippen molar-refractivity contribution in [2.75, 3.05) is 19.6 Å². The minimum Gasteiger partial charge on any atom is -0.320 e. The molecule has 0 aromatic heterocycles. The average molecular weight is 322 g/mol. The summed E-state index contributed by atoms with van der Waals surface area (Å²) in [5.41, 5.74) is 1.55. The summed E-state index contributed by atoms with van der Waals surface area (Å²) in [4.78, 5) is 39.5. The van der Waals surface area contributed by atoms with E-state index in [4.69, 9.17) is 0 Å². The Balaban J connectivity index is 1.63. The Labute approximate surface area is 140 Å². The lowest BCUT2D eigenvalue weighted by molar-refractivity contribution is -0.150. The highest BCUT2D eigenvalue weighted by Crippen LogP contribution is 2.11. The minimum absolute atomic E-state index is 0.0613. The Hall–Kier alpha value is -2.95. The van der Waals surface area contributed by atoms with Gasteiger partial charge in [-0.3, -0.25) is 19.3 Å². The molecule has 0 bridgehead atoms. The molecule has 0 aliphatic carbocycles. The Morgan fingerprint density at radius 1 is 0.833 bits per heavy atom. The van der Waals surface area contributed by atoms with Gasteiger partial charge in [0.1, 0.15) is 13.1 Å². The molecule has 0 atom stereocenters. The Morgan fingerprint density at radius 2 is 1.38 bits per heavy atom. The van der Waals surface area contributed by atoms with Crippen LogP contribution in [0.4, 0.5) is 0 Å². The lowest BCUT2D eigenvalue weighted by Gasteiger charge is -2.32. The summed E-state index contributed by atoms with van der Waals surface area (Å²) in [7, 11) is 0. The molecule has 1 heterocycles. The van der Waals surface area contributed by atoms with Crippen LogP contribution in [0.2, 0.25) is 0 Å². The molecule has 24 heavy (non-hydrogen) atoms. The molecule has 3 rings (SSSR count). The molecule has 0 unspecified atom stereocenters. The summed E-state index contributed by atoms with van der Waals surface area (Å²) >= 11 is 0. The summed E-state index contributed by atoms with van der Waals surface area (Å²) in [6.07, 6.45) is 0.616. The third-order valence-electron chi connectivity index (χ3n) is 4.03. The average Bonchev–Trinajstić information content (AvgIpc) is 2.62. The number of hydrogen-bond donors (Lipinski definition) is 0.